The van der Waals surface area contributed by atoms with Crippen LogP contribution in [0, 0.1) is 6.92 Å². The van der Waals surface area contributed by atoms with E-state index in [0.717, 1.165) is 22.9 Å². The molecule has 0 atom stereocenters. The number of hydrogen-bond acceptors (Lipinski definition) is 4. The Bertz CT molecular complexity index is 841. The monoisotopic (exact) mass is 365 g/mol. The van der Waals surface area contributed by atoms with Crippen molar-refractivity contribution in [3.05, 3.63) is 83.1 Å². The summed E-state index contributed by atoms with van der Waals surface area (Å²) in [6.07, 6.45) is 1.10. The first-order chi connectivity index (χ1) is 12.7. The van der Waals surface area contributed by atoms with Crippen LogP contribution in [0.1, 0.15) is 38.8 Å². The van der Waals surface area contributed by atoms with Crippen LogP contribution < -0.4 is 10.1 Å². The number of hydrogen-bond donors (Lipinski definition) is 2. The van der Waals surface area contributed by atoms with E-state index in [1.54, 1.807) is 31.2 Å². The normalized spacial score (nSPS) is 13.0. The molecule has 4 heteroatoms. The van der Waals surface area contributed by atoms with Crippen LogP contribution in [-0.2, 0) is 4.79 Å². The zero-order valence-corrected chi connectivity index (χ0v) is 16.5. The average Bonchev–Trinajstić information content (AvgIpc) is 2.60. The van der Waals surface area contributed by atoms with Gasteiger partial charge in [0.05, 0.1) is 6.08 Å². The van der Waals surface area contributed by atoms with Gasteiger partial charge in [0.15, 0.2) is 0 Å². The summed E-state index contributed by atoms with van der Waals surface area (Å²) in [7, 11) is 0. The molecule has 2 aromatic carbocycles. The fraction of sp³-hybridized carbons (Fsp3) is 0.261. The molecular formula is C23H27NO3. The minimum atomic E-state index is -0.628. The number of aryl methyl sites for hydroxylation is 1. The first-order valence-electron chi connectivity index (χ1n) is 8.90. The Morgan fingerprint density at radius 3 is 2.19 bits per heavy atom. The molecule has 0 unspecified atom stereocenters. The Hall–Kier alpha value is -3.01. The summed E-state index contributed by atoms with van der Waals surface area (Å²) in [4.78, 5) is 12.1. The number of para-hydroxylation sites is 1. The van der Waals surface area contributed by atoms with Crippen molar-refractivity contribution in [3.8, 4) is 5.75 Å². The third-order valence-electron chi connectivity index (χ3n) is 3.82. The van der Waals surface area contributed by atoms with E-state index in [0.29, 0.717) is 11.3 Å². The molecule has 0 amide bonds. The maximum Gasteiger partial charge on any atom is 0.339 e. The number of nitrogens with one attached hydrogen (secondary N) is 1. The van der Waals surface area contributed by atoms with E-state index in [1.807, 2.05) is 58.0 Å². The molecule has 142 valence electrons. The molecule has 0 saturated heterocycles. The van der Waals surface area contributed by atoms with Crippen molar-refractivity contribution in [2.45, 2.75) is 40.2 Å². The molecule has 2 aromatic rings. The minimum absolute atomic E-state index is 0.136. The molecule has 0 aliphatic carbocycles. The molecule has 0 fully saturated rings. The van der Waals surface area contributed by atoms with Crippen LogP contribution in [0.5, 0.6) is 5.75 Å². The Balaban J connectivity index is 2.34. The highest BCUT2D eigenvalue weighted by atomic mass is 16.5. The molecule has 2 rings (SSSR count). The molecular weight excluding hydrogens is 338 g/mol. The molecule has 0 aromatic heterocycles. The maximum atomic E-state index is 12.1. The van der Waals surface area contributed by atoms with E-state index in [4.69, 9.17) is 4.74 Å². The number of esters is 1. The van der Waals surface area contributed by atoms with Crippen LogP contribution in [0.3, 0.4) is 0 Å². The zero-order chi connectivity index (χ0) is 20.0. The third-order valence-corrected chi connectivity index (χ3v) is 3.82. The van der Waals surface area contributed by atoms with Crippen LogP contribution >= 0.6 is 0 Å². The second kappa shape index (κ2) is 8.58. The van der Waals surface area contributed by atoms with Gasteiger partial charge in [0.25, 0.3) is 0 Å². The fourth-order valence-corrected chi connectivity index (χ4v) is 2.46. The highest BCUT2D eigenvalue weighted by Crippen LogP contribution is 2.23. The number of carbonyl (C=O) groups is 1. The molecule has 0 heterocycles. The van der Waals surface area contributed by atoms with Gasteiger partial charge in [0, 0.05) is 16.8 Å². The number of ether oxygens (including phenoxy) is 1. The van der Waals surface area contributed by atoms with Gasteiger partial charge in [0.1, 0.15) is 11.5 Å². The predicted molar refractivity (Wildman–Crippen MR) is 109 cm³/mol. The number of rotatable bonds is 5. The first kappa shape index (κ1) is 20.3. The second-order valence-electron chi connectivity index (χ2n) is 7.50. The quantitative estimate of drug-likeness (QED) is 0.253. The minimum Gasteiger partial charge on any atom is -0.507 e. The molecule has 0 saturated carbocycles. The van der Waals surface area contributed by atoms with E-state index in [1.165, 1.54) is 0 Å². The second-order valence-corrected chi connectivity index (χ2v) is 7.50. The largest absolute Gasteiger partial charge is 0.507 e. The Labute approximate surface area is 161 Å². The molecule has 0 aliphatic heterocycles. The first-order valence-corrected chi connectivity index (χ1v) is 8.90. The van der Waals surface area contributed by atoms with Crippen LogP contribution in [0.4, 0.5) is 0 Å². The van der Waals surface area contributed by atoms with E-state index >= 15 is 0 Å². The molecule has 4 nitrogen and oxygen atoms in total. The highest BCUT2D eigenvalue weighted by Gasteiger charge is 2.17. The topological polar surface area (TPSA) is 58.6 Å². The summed E-state index contributed by atoms with van der Waals surface area (Å²) in [6.45, 7) is 9.92. The van der Waals surface area contributed by atoms with E-state index in [9.17, 15) is 9.90 Å². The number of aliphatic hydroxyl groups is 1. The number of carbonyl (C=O) groups excluding carboxylic acids is 1. The van der Waals surface area contributed by atoms with Crippen LogP contribution in [-0.4, -0.2) is 16.6 Å². The van der Waals surface area contributed by atoms with Crippen molar-refractivity contribution in [1.82, 2.24) is 5.32 Å². The SMILES string of the molecule is CC(=C(/NC(C)(C)C)c1ccc(C)cc1)/C(O)=C\C(=O)Oc1ccccc1. The maximum absolute atomic E-state index is 12.1. The number of allylic oxidation sites excluding steroid dienone is 1. The van der Waals surface area contributed by atoms with E-state index in [2.05, 4.69) is 5.32 Å². The molecule has 27 heavy (non-hydrogen) atoms. The summed E-state index contributed by atoms with van der Waals surface area (Å²) in [5.74, 6) is -0.333. The van der Waals surface area contributed by atoms with Gasteiger partial charge in [-0.15, -0.1) is 0 Å². The van der Waals surface area contributed by atoms with Gasteiger partial charge < -0.3 is 15.2 Å². The van der Waals surface area contributed by atoms with Crippen molar-refractivity contribution < 1.29 is 14.6 Å². The average molecular weight is 365 g/mol. The lowest BCUT2D eigenvalue weighted by Crippen LogP contribution is -2.35. The van der Waals surface area contributed by atoms with E-state index in [-0.39, 0.29) is 11.3 Å². The summed E-state index contributed by atoms with van der Waals surface area (Å²) in [5.41, 5.74) is 3.21. The Morgan fingerprint density at radius 1 is 1.04 bits per heavy atom. The smallest absolute Gasteiger partial charge is 0.339 e. The highest BCUT2D eigenvalue weighted by molar-refractivity contribution is 5.86. The van der Waals surface area contributed by atoms with Gasteiger partial charge in [-0.3, -0.25) is 0 Å². The molecule has 0 radical (unpaired) electrons. The van der Waals surface area contributed by atoms with Crippen molar-refractivity contribution in [2.75, 3.05) is 0 Å². The lowest BCUT2D eigenvalue weighted by atomic mass is 10.0. The summed E-state index contributed by atoms with van der Waals surface area (Å²) >= 11 is 0. The van der Waals surface area contributed by atoms with Gasteiger partial charge in [-0.2, -0.15) is 0 Å². The third kappa shape index (κ3) is 6.33. The summed E-state index contributed by atoms with van der Waals surface area (Å²) in [5, 5.41) is 13.9. The van der Waals surface area contributed by atoms with Crippen molar-refractivity contribution in [2.24, 2.45) is 0 Å². The summed E-state index contributed by atoms with van der Waals surface area (Å²) in [6, 6.07) is 16.8. The van der Waals surface area contributed by atoms with Crippen LogP contribution in [0.15, 0.2) is 72.0 Å². The predicted octanol–water partition coefficient (Wildman–Crippen LogP) is 5.16. The number of aliphatic hydroxyl groups excluding tert-OH is 1. The van der Waals surface area contributed by atoms with Gasteiger partial charge in [-0.1, -0.05) is 48.0 Å². The van der Waals surface area contributed by atoms with Crippen LogP contribution in [0.2, 0.25) is 0 Å². The fourth-order valence-electron chi connectivity index (χ4n) is 2.46. The molecule has 2 N–H and O–H groups in total. The Morgan fingerprint density at radius 2 is 1.63 bits per heavy atom. The van der Waals surface area contributed by atoms with Gasteiger partial charge in [0.2, 0.25) is 0 Å². The Kier molecular flexibility index (Phi) is 6.45. The number of benzene rings is 2. The van der Waals surface area contributed by atoms with E-state index < -0.39 is 5.97 Å². The molecule has 0 aliphatic rings. The lowest BCUT2D eigenvalue weighted by Gasteiger charge is -2.26. The van der Waals surface area contributed by atoms with Gasteiger partial charge >= 0.3 is 5.97 Å². The van der Waals surface area contributed by atoms with Crippen molar-refractivity contribution >= 4 is 11.7 Å². The van der Waals surface area contributed by atoms with Gasteiger partial charge in [-0.25, -0.2) is 4.79 Å². The standard InChI is InChI=1S/C23H27NO3/c1-16-11-13-18(14-12-16)22(24-23(3,4)5)17(2)20(25)15-21(26)27-19-9-7-6-8-10-19/h6-15,24-25H,1-5H3/b20-15+,22-17-. The van der Waals surface area contributed by atoms with Gasteiger partial charge in [-0.05, 0) is 52.3 Å². The van der Waals surface area contributed by atoms with Crippen LogP contribution in [0.25, 0.3) is 5.70 Å². The lowest BCUT2D eigenvalue weighted by molar-refractivity contribution is -0.129. The summed E-state index contributed by atoms with van der Waals surface area (Å²) < 4.78 is 5.22. The zero-order valence-electron chi connectivity index (χ0n) is 16.5. The molecule has 0 spiro atoms. The van der Waals surface area contributed by atoms with Crippen molar-refractivity contribution in [1.29, 1.82) is 0 Å². The van der Waals surface area contributed by atoms with Crippen molar-refractivity contribution in [3.63, 3.8) is 0 Å². The molecule has 0 bridgehead atoms.